The Morgan fingerprint density at radius 2 is 2.00 bits per heavy atom. The van der Waals surface area contributed by atoms with Crippen molar-refractivity contribution in [3.05, 3.63) is 46.2 Å². The fourth-order valence-electron chi connectivity index (χ4n) is 2.38. The highest BCUT2D eigenvalue weighted by Gasteiger charge is 2.07. The van der Waals surface area contributed by atoms with Crippen LogP contribution in [-0.2, 0) is 6.54 Å². The maximum absolute atomic E-state index is 4.62. The summed E-state index contributed by atoms with van der Waals surface area (Å²) in [6, 6.07) is 8.23. The Bertz CT molecular complexity index is 747. The molecule has 0 atom stereocenters. The Morgan fingerprint density at radius 1 is 1.20 bits per heavy atom. The molecular formula is C16H17N3S. The molecule has 20 heavy (non-hydrogen) atoms. The van der Waals surface area contributed by atoms with Crippen LogP contribution in [0.3, 0.4) is 0 Å². The zero-order valence-corrected chi connectivity index (χ0v) is 12.7. The fourth-order valence-corrected chi connectivity index (χ4v) is 3.25. The predicted octanol–water partition coefficient (Wildman–Crippen LogP) is 4.30. The largest absolute Gasteiger partial charge is 0.269 e. The van der Waals surface area contributed by atoms with Gasteiger partial charge in [0.25, 0.3) is 0 Å². The van der Waals surface area contributed by atoms with Crippen LogP contribution in [0.15, 0.2) is 24.3 Å². The summed E-state index contributed by atoms with van der Waals surface area (Å²) in [5.41, 5.74) is 4.55. The summed E-state index contributed by atoms with van der Waals surface area (Å²) in [6.07, 6.45) is 4.21. The van der Waals surface area contributed by atoms with Gasteiger partial charge < -0.3 is 0 Å². The Hall–Kier alpha value is -1.94. The van der Waals surface area contributed by atoms with Gasteiger partial charge in [-0.15, -0.1) is 11.3 Å². The van der Waals surface area contributed by atoms with Gasteiger partial charge in [-0.05, 0) is 45.1 Å². The first kappa shape index (κ1) is 13.1. The molecule has 0 N–H and O–H groups in total. The van der Waals surface area contributed by atoms with Gasteiger partial charge in [-0.25, -0.2) is 4.98 Å². The van der Waals surface area contributed by atoms with E-state index in [0.717, 1.165) is 22.8 Å². The maximum Gasteiger partial charge on any atom is 0.117 e. The number of fused-ring (bicyclic) bond motifs is 1. The quantitative estimate of drug-likeness (QED) is 0.717. The van der Waals surface area contributed by atoms with Crippen LogP contribution in [0, 0.1) is 13.8 Å². The van der Waals surface area contributed by atoms with Gasteiger partial charge in [-0.1, -0.05) is 12.1 Å². The van der Waals surface area contributed by atoms with Gasteiger partial charge in [-0.2, -0.15) is 5.10 Å². The van der Waals surface area contributed by atoms with E-state index in [1.165, 1.54) is 16.0 Å². The van der Waals surface area contributed by atoms with E-state index in [-0.39, 0.29) is 0 Å². The molecule has 0 aliphatic carbocycles. The molecule has 0 fully saturated rings. The van der Waals surface area contributed by atoms with E-state index in [1.54, 1.807) is 11.3 Å². The number of aryl methyl sites for hydroxylation is 2. The summed E-state index contributed by atoms with van der Waals surface area (Å²) < 4.78 is 3.26. The molecule has 3 nitrogen and oxygen atoms in total. The van der Waals surface area contributed by atoms with Gasteiger partial charge in [0.15, 0.2) is 0 Å². The minimum Gasteiger partial charge on any atom is -0.269 e. The highest BCUT2D eigenvalue weighted by molar-refractivity contribution is 7.19. The molecular weight excluding hydrogens is 266 g/mol. The number of thiazole rings is 1. The lowest BCUT2D eigenvalue weighted by Gasteiger charge is -1.98. The third-order valence-corrected chi connectivity index (χ3v) is 4.44. The van der Waals surface area contributed by atoms with Crippen molar-refractivity contribution >= 4 is 33.7 Å². The minimum atomic E-state index is 0.904. The van der Waals surface area contributed by atoms with Gasteiger partial charge in [0.2, 0.25) is 0 Å². The van der Waals surface area contributed by atoms with Crippen LogP contribution in [0.25, 0.3) is 22.4 Å². The summed E-state index contributed by atoms with van der Waals surface area (Å²) in [5.74, 6) is 0. The van der Waals surface area contributed by atoms with Crippen LogP contribution in [0.4, 0.5) is 0 Å². The summed E-state index contributed by atoms with van der Waals surface area (Å²) >= 11 is 1.72. The van der Waals surface area contributed by atoms with Gasteiger partial charge in [-0.3, -0.25) is 4.68 Å². The van der Waals surface area contributed by atoms with Crippen LogP contribution < -0.4 is 0 Å². The summed E-state index contributed by atoms with van der Waals surface area (Å²) in [7, 11) is 0. The van der Waals surface area contributed by atoms with Crippen molar-refractivity contribution in [3.8, 4) is 0 Å². The van der Waals surface area contributed by atoms with E-state index in [9.17, 15) is 0 Å². The Morgan fingerprint density at radius 3 is 2.70 bits per heavy atom. The standard InChI is InChI=1S/C16H17N3S/c1-4-19-12(3)13(11(2)18-19)9-10-16-17-14-7-5-6-8-15(14)20-16/h5-10H,4H2,1-3H3/b10-9-. The normalized spacial score (nSPS) is 11.8. The zero-order chi connectivity index (χ0) is 14.1. The van der Waals surface area contributed by atoms with Crippen molar-refractivity contribution in [3.63, 3.8) is 0 Å². The Kier molecular flexibility index (Phi) is 3.40. The van der Waals surface area contributed by atoms with Crippen molar-refractivity contribution in [1.29, 1.82) is 0 Å². The average Bonchev–Trinajstić information content (AvgIpc) is 2.98. The second-order valence-electron chi connectivity index (χ2n) is 4.75. The molecule has 0 radical (unpaired) electrons. The molecule has 0 bridgehead atoms. The van der Waals surface area contributed by atoms with Crippen molar-refractivity contribution in [1.82, 2.24) is 14.8 Å². The third-order valence-electron chi connectivity index (χ3n) is 3.44. The smallest absolute Gasteiger partial charge is 0.117 e. The van der Waals surface area contributed by atoms with E-state index in [0.29, 0.717) is 0 Å². The van der Waals surface area contributed by atoms with Crippen LogP contribution in [0.2, 0.25) is 0 Å². The number of rotatable bonds is 3. The van der Waals surface area contributed by atoms with E-state index in [4.69, 9.17) is 0 Å². The van der Waals surface area contributed by atoms with Crippen LogP contribution >= 0.6 is 11.3 Å². The second kappa shape index (κ2) is 5.21. The summed E-state index contributed by atoms with van der Waals surface area (Å²) in [5, 5.41) is 5.57. The molecule has 0 spiro atoms. The van der Waals surface area contributed by atoms with Crippen molar-refractivity contribution in [2.75, 3.05) is 0 Å². The first-order chi connectivity index (χ1) is 9.69. The molecule has 2 aromatic heterocycles. The molecule has 0 amide bonds. The van der Waals surface area contributed by atoms with E-state index < -0.39 is 0 Å². The first-order valence-electron chi connectivity index (χ1n) is 6.76. The molecule has 3 rings (SSSR count). The Labute approximate surface area is 122 Å². The number of nitrogens with zero attached hydrogens (tertiary/aromatic N) is 3. The molecule has 1 aromatic carbocycles. The second-order valence-corrected chi connectivity index (χ2v) is 5.82. The number of aromatic nitrogens is 3. The topological polar surface area (TPSA) is 30.7 Å². The summed E-state index contributed by atoms with van der Waals surface area (Å²) in [4.78, 5) is 4.62. The van der Waals surface area contributed by atoms with Gasteiger partial charge in [0, 0.05) is 17.8 Å². The fraction of sp³-hybridized carbons (Fsp3) is 0.250. The number of hydrogen-bond donors (Lipinski definition) is 0. The van der Waals surface area contributed by atoms with E-state index in [1.807, 2.05) is 16.8 Å². The number of hydrogen-bond acceptors (Lipinski definition) is 3. The highest BCUT2D eigenvalue weighted by atomic mass is 32.1. The minimum absolute atomic E-state index is 0.904. The summed E-state index contributed by atoms with van der Waals surface area (Å²) in [6.45, 7) is 7.18. The van der Waals surface area contributed by atoms with Crippen molar-refractivity contribution in [2.24, 2.45) is 0 Å². The first-order valence-corrected chi connectivity index (χ1v) is 7.58. The molecule has 0 unspecified atom stereocenters. The predicted molar refractivity (Wildman–Crippen MR) is 85.9 cm³/mol. The molecule has 0 saturated carbocycles. The van der Waals surface area contributed by atoms with Gasteiger partial charge >= 0.3 is 0 Å². The molecule has 0 saturated heterocycles. The number of para-hydroxylation sites is 1. The molecule has 0 aliphatic heterocycles. The highest BCUT2D eigenvalue weighted by Crippen LogP contribution is 2.24. The van der Waals surface area contributed by atoms with E-state index in [2.05, 4.69) is 55.1 Å². The molecule has 102 valence electrons. The monoisotopic (exact) mass is 283 g/mol. The maximum atomic E-state index is 4.62. The van der Waals surface area contributed by atoms with Crippen LogP contribution in [-0.4, -0.2) is 14.8 Å². The molecule has 2 heterocycles. The lowest BCUT2D eigenvalue weighted by molar-refractivity contribution is 0.634. The van der Waals surface area contributed by atoms with Crippen molar-refractivity contribution < 1.29 is 0 Å². The zero-order valence-electron chi connectivity index (χ0n) is 11.9. The lowest BCUT2D eigenvalue weighted by atomic mass is 10.2. The van der Waals surface area contributed by atoms with Crippen LogP contribution in [0.1, 0.15) is 28.9 Å². The van der Waals surface area contributed by atoms with Gasteiger partial charge in [0.05, 0.1) is 15.9 Å². The van der Waals surface area contributed by atoms with Gasteiger partial charge in [0.1, 0.15) is 5.01 Å². The van der Waals surface area contributed by atoms with Crippen molar-refractivity contribution in [2.45, 2.75) is 27.3 Å². The molecule has 3 aromatic rings. The number of benzene rings is 1. The lowest BCUT2D eigenvalue weighted by Crippen LogP contribution is -1.98. The molecule has 4 heteroatoms. The van der Waals surface area contributed by atoms with Crippen LogP contribution in [0.5, 0.6) is 0 Å². The SMILES string of the molecule is CCn1nc(C)c(/C=C\c2nc3ccccc3s2)c1C. The Balaban J connectivity index is 1.96. The molecule has 0 aliphatic rings. The third kappa shape index (κ3) is 2.27. The average molecular weight is 283 g/mol. The van der Waals surface area contributed by atoms with E-state index >= 15 is 0 Å².